The van der Waals surface area contributed by atoms with Crippen LogP contribution in [0, 0.1) is 0 Å². The van der Waals surface area contributed by atoms with Crippen molar-refractivity contribution in [3.05, 3.63) is 35.9 Å². The van der Waals surface area contributed by atoms with E-state index in [2.05, 4.69) is 20.2 Å². The number of amides is 1. The second-order valence-electron chi connectivity index (χ2n) is 4.47. The fraction of sp³-hybridized carbons (Fsp3) is 0.250. The molecule has 0 aliphatic rings. The highest BCUT2D eigenvalue weighted by Crippen LogP contribution is 2.20. The number of hydrogen-bond donors (Lipinski definition) is 2. The minimum absolute atomic E-state index is 0.132. The van der Waals surface area contributed by atoms with Gasteiger partial charge in [-0.1, -0.05) is 29.5 Å². The van der Waals surface area contributed by atoms with Crippen molar-refractivity contribution in [3.63, 3.8) is 0 Å². The second kappa shape index (κ2) is 6.29. The fourth-order valence-corrected chi connectivity index (χ4v) is 3.65. The van der Waals surface area contributed by atoms with Crippen molar-refractivity contribution in [1.82, 2.24) is 14.9 Å². The van der Waals surface area contributed by atoms with Gasteiger partial charge in [-0.25, -0.2) is 13.1 Å². The first-order valence-corrected chi connectivity index (χ1v) is 8.40. The molecule has 0 saturated heterocycles. The molecule has 1 aromatic carbocycles. The molecular formula is C12H14N4O3S2. The lowest BCUT2D eigenvalue weighted by atomic mass is 10.2. The highest BCUT2D eigenvalue weighted by Gasteiger charge is 2.21. The molecule has 1 aromatic heterocycles. The highest BCUT2D eigenvalue weighted by molar-refractivity contribution is 7.91. The summed E-state index contributed by atoms with van der Waals surface area (Å²) >= 11 is 0.800. The van der Waals surface area contributed by atoms with Gasteiger partial charge in [0, 0.05) is 11.6 Å². The molecule has 0 fully saturated rings. The first-order chi connectivity index (χ1) is 9.88. The Morgan fingerprint density at radius 3 is 2.48 bits per heavy atom. The van der Waals surface area contributed by atoms with Gasteiger partial charge in [0.15, 0.2) is 0 Å². The molecule has 0 spiro atoms. The predicted octanol–water partition coefficient (Wildman–Crippen LogP) is 1.48. The van der Waals surface area contributed by atoms with Crippen molar-refractivity contribution < 1.29 is 13.2 Å². The number of carbonyl (C=O) groups is 1. The molecule has 112 valence electrons. The van der Waals surface area contributed by atoms with Gasteiger partial charge in [-0.05, 0) is 26.0 Å². The molecule has 21 heavy (non-hydrogen) atoms. The summed E-state index contributed by atoms with van der Waals surface area (Å²) in [6.45, 7) is 3.41. The molecule has 0 saturated carbocycles. The van der Waals surface area contributed by atoms with Crippen molar-refractivity contribution in [2.24, 2.45) is 0 Å². The van der Waals surface area contributed by atoms with Crippen molar-refractivity contribution >= 4 is 32.4 Å². The van der Waals surface area contributed by atoms with Gasteiger partial charge in [0.2, 0.25) is 9.47 Å². The number of carbonyl (C=O) groups excluding carboxylic acids is 1. The van der Waals surface area contributed by atoms with Crippen LogP contribution in [0.2, 0.25) is 0 Å². The number of benzene rings is 1. The van der Waals surface area contributed by atoms with Crippen molar-refractivity contribution in [1.29, 1.82) is 0 Å². The summed E-state index contributed by atoms with van der Waals surface area (Å²) < 4.78 is 26.0. The third-order valence-electron chi connectivity index (χ3n) is 2.28. The van der Waals surface area contributed by atoms with Crippen LogP contribution in [0.15, 0.2) is 34.7 Å². The van der Waals surface area contributed by atoms with Crippen LogP contribution >= 0.6 is 11.3 Å². The molecule has 9 heteroatoms. The lowest BCUT2D eigenvalue weighted by Crippen LogP contribution is -2.30. The Morgan fingerprint density at radius 1 is 1.19 bits per heavy atom. The third-order valence-corrected chi connectivity index (χ3v) is 5.15. The van der Waals surface area contributed by atoms with E-state index in [9.17, 15) is 13.2 Å². The Labute approximate surface area is 126 Å². The number of nitrogens with zero attached hydrogens (tertiary/aromatic N) is 2. The molecule has 2 N–H and O–H groups in total. The number of nitrogens with one attached hydrogen (secondary N) is 2. The van der Waals surface area contributed by atoms with E-state index >= 15 is 0 Å². The largest absolute Gasteiger partial charge is 0.296 e. The molecule has 2 aromatic rings. The maximum Gasteiger partial charge on any atom is 0.270 e. The maximum atomic E-state index is 11.9. The van der Waals surface area contributed by atoms with Crippen molar-refractivity contribution in [2.75, 3.05) is 5.32 Å². The molecule has 0 aliphatic heterocycles. The minimum Gasteiger partial charge on any atom is -0.296 e. The van der Waals surface area contributed by atoms with E-state index in [1.165, 1.54) is 0 Å². The van der Waals surface area contributed by atoms with Crippen molar-refractivity contribution in [3.8, 4) is 0 Å². The highest BCUT2D eigenvalue weighted by atomic mass is 32.2. The molecule has 1 amide bonds. The van der Waals surface area contributed by atoms with Crippen LogP contribution < -0.4 is 10.0 Å². The Hall–Kier alpha value is -1.84. The summed E-state index contributed by atoms with van der Waals surface area (Å²) in [4.78, 5) is 11.9. The Bertz CT molecular complexity index is 726. The summed E-state index contributed by atoms with van der Waals surface area (Å²) in [6, 6.07) is 8.31. The molecule has 0 atom stereocenters. The van der Waals surface area contributed by atoms with Crippen LogP contribution in [0.3, 0.4) is 0 Å². The van der Waals surface area contributed by atoms with Gasteiger partial charge in [-0.2, -0.15) is 0 Å². The number of anilines is 1. The molecule has 7 nitrogen and oxygen atoms in total. The van der Waals surface area contributed by atoms with E-state index in [0.717, 1.165) is 11.3 Å². The molecule has 0 unspecified atom stereocenters. The van der Waals surface area contributed by atoms with Crippen LogP contribution in [-0.4, -0.2) is 30.6 Å². The van der Waals surface area contributed by atoms with Gasteiger partial charge in [-0.3, -0.25) is 10.1 Å². The summed E-state index contributed by atoms with van der Waals surface area (Å²) in [6.07, 6.45) is 0. The zero-order valence-corrected chi connectivity index (χ0v) is 13.0. The predicted molar refractivity (Wildman–Crippen MR) is 79.8 cm³/mol. The van der Waals surface area contributed by atoms with E-state index in [0.29, 0.717) is 5.56 Å². The lowest BCUT2D eigenvalue weighted by molar-refractivity contribution is 0.102. The molecule has 1 heterocycles. The van der Waals surface area contributed by atoms with Crippen LogP contribution in [0.25, 0.3) is 0 Å². The first kappa shape index (κ1) is 15.5. The molecule has 0 bridgehead atoms. The number of hydrogen-bond acceptors (Lipinski definition) is 6. The van der Waals surface area contributed by atoms with Gasteiger partial charge in [-0.15, -0.1) is 10.2 Å². The number of rotatable bonds is 5. The zero-order chi connectivity index (χ0) is 15.5. The van der Waals surface area contributed by atoms with E-state index in [-0.39, 0.29) is 21.4 Å². The molecular weight excluding hydrogens is 312 g/mol. The molecule has 0 radical (unpaired) electrons. The number of aromatic nitrogens is 2. The normalized spacial score (nSPS) is 11.6. The van der Waals surface area contributed by atoms with Gasteiger partial charge >= 0.3 is 0 Å². The minimum atomic E-state index is -3.70. The first-order valence-electron chi connectivity index (χ1n) is 6.11. The fourth-order valence-electron chi connectivity index (χ4n) is 1.49. The van der Waals surface area contributed by atoms with Crippen LogP contribution in [0.4, 0.5) is 5.13 Å². The van der Waals surface area contributed by atoms with E-state index in [4.69, 9.17) is 0 Å². The van der Waals surface area contributed by atoms with E-state index in [1.54, 1.807) is 44.2 Å². The average Bonchev–Trinajstić information content (AvgIpc) is 2.87. The molecule has 0 aliphatic carbocycles. The topological polar surface area (TPSA) is 101 Å². The smallest absolute Gasteiger partial charge is 0.270 e. The second-order valence-corrected chi connectivity index (χ2v) is 7.33. The third kappa shape index (κ3) is 4.06. The Balaban J connectivity index is 2.12. The summed E-state index contributed by atoms with van der Waals surface area (Å²) in [5.74, 6) is -0.368. The van der Waals surface area contributed by atoms with Gasteiger partial charge in [0.05, 0.1) is 0 Å². The molecule has 2 rings (SSSR count). The standard InChI is InChI=1S/C12H14N4O3S2/c1-8(2)16-21(18,19)12-15-14-11(20-12)13-10(17)9-6-4-3-5-7-9/h3-8,16H,1-2H3,(H,13,14,17). The average molecular weight is 326 g/mol. The monoisotopic (exact) mass is 326 g/mol. The van der Waals surface area contributed by atoms with Gasteiger partial charge in [0.1, 0.15) is 0 Å². The van der Waals surface area contributed by atoms with E-state index < -0.39 is 10.0 Å². The number of sulfonamides is 1. The summed E-state index contributed by atoms with van der Waals surface area (Å²) in [5.41, 5.74) is 0.456. The lowest BCUT2D eigenvalue weighted by Gasteiger charge is -2.05. The Morgan fingerprint density at radius 2 is 1.86 bits per heavy atom. The summed E-state index contributed by atoms with van der Waals surface area (Å²) in [5, 5.41) is 9.91. The summed E-state index contributed by atoms with van der Waals surface area (Å²) in [7, 11) is -3.70. The maximum absolute atomic E-state index is 11.9. The van der Waals surface area contributed by atoms with Crippen LogP contribution in [0.1, 0.15) is 24.2 Å². The Kier molecular flexibility index (Phi) is 4.66. The zero-order valence-electron chi connectivity index (χ0n) is 11.4. The van der Waals surface area contributed by atoms with E-state index in [1.807, 2.05) is 0 Å². The van der Waals surface area contributed by atoms with Crippen LogP contribution in [-0.2, 0) is 10.0 Å². The van der Waals surface area contributed by atoms with Gasteiger partial charge < -0.3 is 0 Å². The van der Waals surface area contributed by atoms with Gasteiger partial charge in [0.25, 0.3) is 15.9 Å². The van der Waals surface area contributed by atoms with Crippen molar-refractivity contribution in [2.45, 2.75) is 24.2 Å². The van der Waals surface area contributed by atoms with Crippen LogP contribution in [0.5, 0.6) is 0 Å². The SMILES string of the molecule is CC(C)NS(=O)(=O)c1nnc(NC(=O)c2ccccc2)s1. The quantitative estimate of drug-likeness (QED) is 0.810.